The number of likely N-dealkylation sites (N-methyl/N-ethyl adjacent to an activating group) is 1. The molecule has 0 spiro atoms. The van der Waals surface area contributed by atoms with E-state index in [1.807, 2.05) is 13.8 Å². The molecule has 0 radical (unpaired) electrons. The van der Waals surface area contributed by atoms with Gasteiger partial charge in [-0.3, -0.25) is 0 Å². The summed E-state index contributed by atoms with van der Waals surface area (Å²) in [5.74, 6) is -0.833. The second kappa shape index (κ2) is 6.12. The van der Waals surface area contributed by atoms with Gasteiger partial charge in [0.05, 0.1) is 10.0 Å². The zero-order valence-electron chi connectivity index (χ0n) is 9.78. The van der Waals surface area contributed by atoms with Crippen LogP contribution in [0.15, 0.2) is 18.2 Å². The maximum absolute atomic E-state index is 11.2. The van der Waals surface area contributed by atoms with Crippen LogP contribution in [0.5, 0.6) is 0 Å². The molecule has 0 bridgehead atoms. The molecule has 0 aromatic heterocycles. The minimum absolute atomic E-state index is 0.433. The third kappa shape index (κ3) is 3.27. The number of hydrogen-bond acceptors (Lipinski definition) is 2. The van der Waals surface area contributed by atoms with Gasteiger partial charge >= 0.3 is 5.97 Å². The number of carbonyl (C=O) groups is 1. The Balaban J connectivity index is 3.08. The topological polar surface area (TPSA) is 40.5 Å². The van der Waals surface area contributed by atoms with E-state index >= 15 is 0 Å². The third-order valence-corrected chi connectivity index (χ3v) is 3.36. The van der Waals surface area contributed by atoms with Gasteiger partial charge in [-0.15, -0.1) is 0 Å². The summed E-state index contributed by atoms with van der Waals surface area (Å²) in [6.45, 7) is 4.36. The van der Waals surface area contributed by atoms with E-state index in [1.165, 1.54) is 0 Å². The van der Waals surface area contributed by atoms with E-state index in [-0.39, 0.29) is 0 Å². The van der Waals surface area contributed by atoms with Gasteiger partial charge < -0.3 is 10.0 Å². The third-order valence-electron chi connectivity index (χ3n) is 2.62. The molecule has 3 nitrogen and oxygen atoms in total. The zero-order valence-corrected chi connectivity index (χ0v) is 11.3. The van der Waals surface area contributed by atoms with Crippen molar-refractivity contribution < 1.29 is 9.90 Å². The molecule has 0 saturated carbocycles. The lowest BCUT2D eigenvalue weighted by Gasteiger charge is -2.29. The summed E-state index contributed by atoms with van der Waals surface area (Å²) < 4.78 is 0. The number of hydrogen-bond donors (Lipinski definition) is 1. The first-order valence-electron chi connectivity index (χ1n) is 5.45. The summed E-state index contributed by atoms with van der Waals surface area (Å²) in [6.07, 6.45) is 0.531. The first kappa shape index (κ1) is 14.1. The van der Waals surface area contributed by atoms with Crippen molar-refractivity contribution in [2.45, 2.75) is 26.3 Å². The van der Waals surface area contributed by atoms with Crippen molar-refractivity contribution >= 4 is 34.9 Å². The van der Waals surface area contributed by atoms with Crippen molar-refractivity contribution in [2.75, 3.05) is 11.4 Å². The highest BCUT2D eigenvalue weighted by Gasteiger charge is 2.23. The highest BCUT2D eigenvalue weighted by atomic mass is 35.5. The normalized spacial score (nSPS) is 12.2. The van der Waals surface area contributed by atoms with E-state index < -0.39 is 12.0 Å². The molecule has 0 aliphatic heterocycles. The van der Waals surface area contributed by atoms with Gasteiger partial charge in [-0.25, -0.2) is 4.79 Å². The quantitative estimate of drug-likeness (QED) is 0.891. The van der Waals surface area contributed by atoms with E-state index in [1.54, 1.807) is 23.1 Å². The van der Waals surface area contributed by atoms with Crippen molar-refractivity contribution in [2.24, 2.45) is 0 Å². The molecule has 1 aromatic rings. The SMILES string of the molecule is CCC(C(=O)O)N(CC)c1ccc(Cl)c(Cl)c1. The summed E-state index contributed by atoms with van der Waals surface area (Å²) in [7, 11) is 0. The molecule has 1 unspecified atom stereocenters. The van der Waals surface area contributed by atoms with Crippen LogP contribution >= 0.6 is 23.2 Å². The number of carboxylic acid groups (broad SMARTS) is 1. The molecule has 0 amide bonds. The molecule has 1 atom stereocenters. The van der Waals surface area contributed by atoms with E-state index in [4.69, 9.17) is 28.3 Å². The second-order valence-electron chi connectivity index (χ2n) is 3.65. The van der Waals surface area contributed by atoms with Gasteiger partial charge in [0, 0.05) is 12.2 Å². The summed E-state index contributed by atoms with van der Waals surface area (Å²) >= 11 is 11.8. The van der Waals surface area contributed by atoms with E-state index in [9.17, 15) is 4.79 Å². The molecule has 94 valence electrons. The minimum Gasteiger partial charge on any atom is -0.480 e. The molecule has 0 saturated heterocycles. The van der Waals surface area contributed by atoms with Crippen molar-refractivity contribution in [3.05, 3.63) is 28.2 Å². The molecule has 1 aromatic carbocycles. The predicted octanol–water partition coefficient (Wildman–Crippen LogP) is 3.68. The van der Waals surface area contributed by atoms with Crippen LogP contribution in [0.25, 0.3) is 0 Å². The average Bonchev–Trinajstić information content (AvgIpc) is 2.29. The number of halogens is 2. The summed E-state index contributed by atoms with van der Waals surface area (Å²) in [5, 5.41) is 10.1. The lowest BCUT2D eigenvalue weighted by atomic mass is 10.1. The van der Waals surface area contributed by atoms with E-state index in [0.717, 1.165) is 5.69 Å². The standard InChI is InChI=1S/C12H15Cl2NO2/c1-3-11(12(16)17)15(4-2)8-5-6-9(13)10(14)7-8/h5-7,11H,3-4H2,1-2H3,(H,16,17). The molecular formula is C12H15Cl2NO2. The van der Waals surface area contributed by atoms with Gasteiger partial charge in [0.2, 0.25) is 0 Å². The fourth-order valence-electron chi connectivity index (χ4n) is 1.77. The Hall–Kier alpha value is -0.930. The number of aliphatic carboxylic acids is 1. The molecule has 1 rings (SSSR count). The Morgan fingerprint density at radius 2 is 2.00 bits per heavy atom. The maximum atomic E-state index is 11.2. The summed E-state index contributed by atoms with van der Waals surface area (Å²) in [5.41, 5.74) is 0.774. The lowest BCUT2D eigenvalue weighted by Crippen LogP contribution is -2.40. The van der Waals surface area contributed by atoms with Crippen LogP contribution < -0.4 is 4.90 Å². The van der Waals surface area contributed by atoms with Crippen LogP contribution in [0.2, 0.25) is 10.0 Å². The van der Waals surface area contributed by atoms with Gasteiger partial charge in [0.15, 0.2) is 0 Å². The Labute approximate surface area is 111 Å². The van der Waals surface area contributed by atoms with Gasteiger partial charge in [-0.2, -0.15) is 0 Å². The number of carboxylic acids is 1. The van der Waals surface area contributed by atoms with Gasteiger partial charge in [-0.1, -0.05) is 30.1 Å². The molecule has 0 fully saturated rings. The first-order chi connectivity index (χ1) is 8.01. The predicted molar refractivity (Wildman–Crippen MR) is 71.2 cm³/mol. The van der Waals surface area contributed by atoms with Crippen molar-refractivity contribution in [1.29, 1.82) is 0 Å². The van der Waals surface area contributed by atoms with E-state index in [0.29, 0.717) is 23.0 Å². The van der Waals surface area contributed by atoms with Crippen LogP contribution in [0, 0.1) is 0 Å². The Morgan fingerprint density at radius 1 is 1.35 bits per heavy atom. The molecular weight excluding hydrogens is 261 g/mol. The molecule has 0 aliphatic rings. The number of benzene rings is 1. The number of nitrogens with zero attached hydrogens (tertiary/aromatic N) is 1. The Kier molecular flexibility index (Phi) is 5.09. The van der Waals surface area contributed by atoms with Gasteiger partial charge in [0.1, 0.15) is 6.04 Å². The zero-order chi connectivity index (χ0) is 13.0. The molecule has 1 N–H and O–H groups in total. The van der Waals surface area contributed by atoms with Crippen LogP contribution in [0.1, 0.15) is 20.3 Å². The van der Waals surface area contributed by atoms with Crippen LogP contribution in [-0.4, -0.2) is 23.7 Å². The minimum atomic E-state index is -0.833. The average molecular weight is 276 g/mol. The molecule has 0 heterocycles. The monoisotopic (exact) mass is 275 g/mol. The largest absolute Gasteiger partial charge is 0.480 e. The first-order valence-corrected chi connectivity index (χ1v) is 6.21. The van der Waals surface area contributed by atoms with Gasteiger partial charge in [-0.05, 0) is 31.5 Å². The van der Waals surface area contributed by atoms with Crippen molar-refractivity contribution in [3.8, 4) is 0 Å². The lowest BCUT2D eigenvalue weighted by molar-refractivity contribution is -0.138. The fourth-order valence-corrected chi connectivity index (χ4v) is 2.07. The number of rotatable bonds is 5. The summed E-state index contributed by atoms with van der Waals surface area (Å²) in [6, 6.07) is 4.61. The van der Waals surface area contributed by atoms with Crippen molar-refractivity contribution in [1.82, 2.24) is 0 Å². The highest BCUT2D eigenvalue weighted by molar-refractivity contribution is 6.42. The van der Waals surface area contributed by atoms with Crippen LogP contribution in [0.3, 0.4) is 0 Å². The maximum Gasteiger partial charge on any atom is 0.326 e. The van der Waals surface area contributed by atoms with E-state index in [2.05, 4.69) is 0 Å². The highest BCUT2D eigenvalue weighted by Crippen LogP contribution is 2.28. The van der Waals surface area contributed by atoms with Crippen LogP contribution in [0.4, 0.5) is 5.69 Å². The van der Waals surface area contributed by atoms with Crippen molar-refractivity contribution in [3.63, 3.8) is 0 Å². The smallest absolute Gasteiger partial charge is 0.326 e. The molecule has 17 heavy (non-hydrogen) atoms. The fraction of sp³-hybridized carbons (Fsp3) is 0.417. The Morgan fingerprint density at radius 3 is 2.41 bits per heavy atom. The second-order valence-corrected chi connectivity index (χ2v) is 4.46. The molecule has 0 aliphatic carbocycles. The number of anilines is 1. The molecule has 5 heteroatoms. The van der Waals surface area contributed by atoms with Crippen LogP contribution in [-0.2, 0) is 4.79 Å². The Bertz CT molecular complexity index is 409. The van der Waals surface area contributed by atoms with Gasteiger partial charge in [0.25, 0.3) is 0 Å². The summed E-state index contributed by atoms with van der Waals surface area (Å²) in [4.78, 5) is 13.0.